The summed E-state index contributed by atoms with van der Waals surface area (Å²) in [6.07, 6.45) is 8.90. The van der Waals surface area contributed by atoms with Crippen LogP contribution in [0.3, 0.4) is 0 Å². The molecule has 2 heterocycles. The molecule has 1 aliphatic rings. The van der Waals surface area contributed by atoms with Crippen LogP contribution in [0.5, 0.6) is 0 Å². The third-order valence-electron chi connectivity index (χ3n) is 4.09. The highest BCUT2D eigenvalue weighted by Crippen LogP contribution is 2.14. The van der Waals surface area contributed by atoms with Crippen LogP contribution >= 0.6 is 0 Å². The van der Waals surface area contributed by atoms with E-state index in [1.54, 1.807) is 19.1 Å². The van der Waals surface area contributed by atoms with Gasteiger partial charge in [-0.1, -0.05) is 12.1 Å². The first-order valence-corrected chi connectivity index (χ1v) is 8.67. The SMILES string of the molecule is C#Cc1nccnc1N=C[C@@H]1CN(C(=O)OCc2ccc(C)cc2F)CCO1. The normalized spacial score (nSPS) is 16.8. The highest BCUT2D eigenvalue weighted by molar-refractivity contribution is 5.72. The van der Waals surface area contributed by atoms with Crippen molar-refractivity contribution in [2.75, 3.05) is 19.7 Å². The molecule has 0 saturated carbocycles. The van der Waals surface area contributed by atoms with E-state index in [9.17, 15) is 9.18 Å². The highest BCUT2D eigenvalue weighted by Gasteiger charge is 2.24. The third-order valence-corrected chi connectivity index (χ3v) is 4.09. The second-order valence-corrected chi connectivity index (χ2v) is 6.16. The van der Waals surface area contributed by atoms with Crippen LogP contribution in [0.4, 0.5) is 15.0 Å². The van der Waals surface area contributed by atoms with E-state index in [1.807, 2.05) is 0 Å². The average Bonchev–Trinajstić information content (AvgIpc) is 2.72. The minimum absolute atomic E-state index is 0.133. The van der Waals surface area contributed by atoms with Crippen LogP contribution in [0.2, 0.25) is 0 Å². The zero-order valence-corrected chi connectivity index (χ0v) is 15.3. The molecule has 0 bridgehead atoms. The number of aliphatic imine (C=N–C) groups is 1. The van der Waals surface area contributed by atoms with Gasteiger partial charge in [0, 0.05) is 30.7 Å². The van der Waals surface area contributed by atoms with Crippen molar-refractivity contribution in [3.8, 4) is 12.3 Å². The Bertz CT molecular complexity index is 926. The van der Waals surface area contributed by atoms with Gasteiger partial charge in [0.1, 0.15) is 18.5 Å². The van der Waals surface area contributed by atoms with Gasteiger partial charge in [0.2, 0.25) is 0 Å². The molecule has 28 heavy (non-hydrogen) atoms. The number of morpholine rings is 1. The summed E-state index contributed by atoms with van der Waals surface area (Å²) in [5, 5.41) is 0. The Morgan fingerprint density at radius 1 is 1.50 bits per heavy atom. The summed E-state index contributed by atoms with van der Waals surface area (Å²) in [6, 6.07) is 4.78. The zero-order chi connectivity index (χ0) is 19.9. The molecule has 1 saturated heterocycles. The van der Waals surface area contributed by atoms with Crippen LogP contribution < -0.4 is 0 Å². The number of carbonyl (C=O) groups is 1. The summed E-state index contributed by atoms with van der Waals surface area (Å²) in [5.41, 5.74) is 1.46. The minimum Gasteiger partial charge on any atom is -0.444 e. The van der Waals surface area contributed by atoms with E-state index >= 15 is 0 Å². The first-order valence-electron chi connectivity index (χ1n) is 8.67. The first kappa shape index (κ1) is 19.5. The maximum absolute atomic E-state index is 13.9. The number of aromatic nitrogens is 2. The molecule has 1 fully saturated rings. The average molecular weight is 382 g/mol. The summed E-state index contributed by atoms with van der Waals surface area (Å²) >= 11 is 0. The van der Waals surface area contributed by atoms with Crippen LogP contribution in [0.25, 0.3) is 0 Å². The number of hydrogen-bond donors (Lipinski definition) is 0. The molecule has 7 nitrogen and oxygen atoms in total. The molecule has 0 aliphatic carbocycles. The number of halogens is 1. The lowest BCUT2D eigenvalue weighted by atomic mass is 10.1. The van der Waals surface area contributed by atoms with Gasteiger partial charge in [-0.2, -0.15) is 0 Å². The topological polar surface area (TPSA) is 76.9 Å². The number of nitrogens with zero attached hydrogens (tertiary/aromatic N) is 4. The Morgan fingerprint density at radius 3 is 3.11 bits per heavy atom. The summed E-state index contributed by atoms with van der Waals surface area (Å²) in [6.45, 7) is 2.62. The lowest BCUT2D eigenvalue weighted by molar-refractivity contribution is 0.00312. The van der Waals surface area contributed by atoms with Gasteiger partial charge in [0.15, 0.2) is 11.5 Å². The summed E-state index contributed by atoms with van der Waals surface area (Å²) in [4.78, 5) is 26.1. The number of ether oxygens (including phenoxy) is 2. The van der Waals surface area contributed by atoms with Gasteiger partial charge in [-0.25, -0.2) is 24.1 Å². The fraction of sp³-hybridized carbons (Fsp3) is 0.300. The number of benzene rings is 1. The Hall–Kier alpha value is -3.31. The van der Waals surface area contributed by atoms with E-state index in [2.05, 4.69) is 20.9 Å². The van der Waals surface area contributed by atoms with Crippen LogP contribution in [0, 0.1) is 25.1 Å². The number of rotatable bonds is 4. The van der Waals surface area contributed by atoms with Crippen LogP contribution in [0.1, 0.15) is 16.8 Å². The van der Waals surface area contributed by atoms with Crippen molar-refractivity contribution in [3.05, 3.63) is 53.2 Å². The van der Waals surface area contributed by atoms with Crippen LogP contribution in [-0.2, 0) is 16.1 Å². The summed E-state index contributed by atoms with van der Waals surface area (Å²) < 4.78 is 24.7. The molecule has 1 aromatic carbocycles. The lowest BCUT2D eigenvalue weighted by Crippen LogP contribution is -2.46. The maximum atomic E-state index is 13.9. The summed E-state index contributed by atoms with van der Waals surface area (Å²) in [7, 11) is 0. The van der Waals surface area contributed by atoms with Gasteiger partial charge in [0.05, 0.1) is 13.2 Å². The molecule has 144 valence electrons. The largest absolute Gasteiger partial charge is 0.444 e. The Morgan fingerprint density at radius 2 is 2.32 bits per heavy atom. The molecule has 0 radical (unpaired) electrons. The molecule has 1 amide bonds. The third kappa shape index (κ3) is 4.90. The molecule has 8 heteroatoms. The van der Waals surface area contributed by atoms with Gasteiger partial charge < -0.3 is 14.4 Å². The first-order chi connectivity index (χ1) is 13.6. The lowest BCUT2D eigenvalue weighted by Gasteiger charge is -2.30. The molecule has 0 unspecified atom stereocenters. The summed E-state index contributed by atoms with van der Waals surface area (Å²) in [5.74, 6) is 2.32. The van der Waals surface area contributed by atoms with E-state index in [-0.39, 0.29) is 13.2 Å². The molecular weight excluding hydrogens is 363 g/mol. The molecule has 0 spiro atoms. The predicted octanol–water partition coefficient (Wildman–Crippen LogP) is 2.65. The Labute approximate surface area is 162 Å². The predicted molar refractivity (Wildman–Crippen MR) is 101 cm³/mol. The van der Waals surface area contributed by atoms with E-state index in [0.717, 1.165) is 5.56 Å². The van der Waals surface area contributed by atoms with E-state index in [1.165, 1.54) is 29.6 Å². The van der Waals surface area contributed by atoms with Gasteiger partial charge in [-0.3, -0.25) is 0 Å². The van der Waals surface area contributed by atoms with Crippen molar-refractivity contribution in [2.45, 2.75) is 19.6 Å². The zero-order valence-electron chi connectivity index (χ0n) is 15.3. The van der Waals surface area contributed by atoms with Gasteiger partial charge >= 0.3 is 6.09 Å². The number of carbonyl (C=O) groups excluding carboxylic acids is 1. The Balaban J connectivity index is 1.57. The number of terminal acetylenes is 1. The second kappa shape index (κ2) is 9.06. The van der Waals surface area contributed by atoms with Crippen LogP contribution in [0.15, 0.2) is 35.6 Å². The van der Waals surface area contributed by atoms with Crippen molar-refractivity contribution in [1.82, 2.24) is 14.9 Å². The molecule has 1 aliphatic heterocycles. The molecular formula is C20H19FN4O3. The standard InChI is InChI=1S/C20H19FN4O3/c1-3-18-19(23-7-6-22-18)24-11-16-12-25(8-9-27-16)20(26)28-13-15-5-4-14(2)10-17(15)21/h1,4-7,10-11,16H,8-9,12-13H2,2H3/t16-/m1/s1. The number of amides is 1. The molecule has 2 aromatic rings. The van der Waals surface area contributed by atoms with Crippen LogP contribution in [-0.4, -0.2) is 53.0 Å². The van der Waals surface area contributed by atoms with Crippen molar-refractivity contribution >= 4 is 18.1 Å². The van der Waals surface area contributed by atoms with Crippen molar-refractivity contribution in [2.24, 2.45) is 4.99 Å². The molecule has 1 aromatic heterocycles. The minimum atomic E-state index is -0.537. The quantitative estimate of drug-likeness (QED) is 0.600. The van der Waals surface area contributed by atoms with E-state index in [4.69, 9.17) is 15.9 Å². The highest BCUT2D eigenvalue weighted by atomic mass is 19.1. The molecule has 3 rings (SSSR count). The van der Waals surface area contributed by atoms with Crippen molar-refractivity contribution in [3.63, 3.8) is 0 Å². The molecule has 0 N–H and O–H groups in total. The van der Waals surface area contributed by atoms with Crippen molar-refractivity contribution in [1.29, 1.82) is 0 Å². The number of aryl methyl sites for hydroxylation is 1. The fourth-order valence-electron chi connectivity index (χ4n) is 2.61. The van der Waals surface area contributed by atoms with Gasteiger partial charge in [0.25, 0.3) is 0 Å². The van der Waals surface area contributed by atoms with Gasteiger partial charge in [-0.05, 0) is 24.5 Å². The monoisotopic (exact) mass is 382 g/mol. The van der Waals surface area contributed by atoms with Gasteiger partial charge in [-0.15, -0.1) is 6.42 Å². The smallest absolute Gasteiger partial charge is 0.410 e. The van der Waals surface area contributed by atoms with E-state index in [0.29, 0.717) is 30.2 Å². The van der Waals surface area contributed by atoms with E-state index < -0.39 is 18.0 Å². The maximum Gasteiger partial charge on any atom is 0.410 e. The molecule has 1 atom stereocenters. The fourth-order valence-corrected chi connectivity index (χ4v) is 2.61. The Kier molecular flexibility index (Phi) is 6.29. The second-order valence-electron chi connectivity index (χ2n) is 6.16. The number of hydrogen-bond acceptors (Lipinski definition) is 6. The van der Waals surface area contributed by atoms with Crippen molar-refractivity contribution < 1.29 is 18.7 Å².